The fraction of sp³-hybridized carbons (Fsp3) is 0.227. The zero-order valence-electron chi connectivity index (χ0n) is 14.9. The quantitative estimate of drug-likeness (QED) is 0.569. The standard InChI is InChI=1S/C22H23ClN2O/c1-2-26-21-11-7-6-10-19(21)15-24-16-20-13-18(14-25-22(20)23)12-17-8-4-3-5-9-17/h3-11,13-14,24H,2,12,15-16H2,1H3. The Morgan fingerprint density at radius 1 is 0.923 bits per heavy atom. The Morgan fingerprint density at radius 3 is 2.46 bits per heavy atom. The van der Waals surface area contributed by atoms with Crippen LogP contribution in [0.1, 0.15) is 29.2 Å². The topological polar surface area (TPSA) is 34.1 Å². The molecule has 26 heavy (non-hydrogen) atoms. The van der Waals surface area contributed by atoms with Crippen LogP contribution in [0.2, 0.25) is 5.15 Å². The SMILES string of the molecule is CCOc1ccccc1CNCc1cc(Cc2ccccc2)cnc1Cl. The number of hydrogen-bond acceptors (Lipinski definition) is 3. The molecule has 1 N–H and O–H groups in total. The van der Waals surface area contributed by atoms with Crippen LogP contribution < -0.4 is 10.1 Å². The van der Waals surface area contributed by atoms with E-state index in [0.29, 0.717) is 18.3 Å². The molecule has 3 nitrogen and oxygen atoms in total. The maximum atomic E-state index is 6.29. The number of nitrogens with zero attached hydrogens (tertiary/aromatic N) is 1. The van der Waals surface area contributed by atoms with Crippen molar-refractivity contribution in [2.45, 2.75) is 26.4 Å². The molecule has 0 bridgehead atoms. The van der Waals surface area contributed by atoms with Gasteiger partial charge in [0.1, 0.15) is 10.9 Å². The van der Waals surface area contributed by atoms with E-state index in [2.05, 4.69) is 46.7 Å². The van der Waals surface area contributed by atoms with E-state index in [-0.39, 0.29) is 0 Å². The van der Waals surface area contributed by atoms with Crippen molar-refractivity contribution in [1.29, 1.82) is 0 Å². The van der Waals surface area contributed by atoms with Crippen molar-refractivity contribution >= 4 is 11.6 Å². The highest BCUT2D eigenvalue weighted by Crippen LogP contribution is 2.19. The molecule has 0 aliphatic carbocycles. The molecule has 0 amide bonds. The van der Waals surface area contributed by atoms with Gasteiger partial charge in [-0.3, -0.25) is 0 Å². The van der Waals surface area contributed by atoms with Crippen LogP contribution in [0.3, 0.4) is 0 Å². The van der Waals surface area contributed by atoms with E-state index in [4.69, 9.17) is 16.3 Å². The van der Waals surface area contributed by atoms with Gasteiger partial charge in [0.25, 0.3) is 0 Å². The van der Waals surface area contributed by atoms with Gasteiger partial charge in [-0.15, -0.1) is 0 Å². The Labute approximate surface area is 160 Å². The molecule has 1 aromatic heterocycles. The van der Waals surface area contributed by atoms with Crippen LogP contribution in [0.25, 0.3) is 0 Å². The van der Waals surface area contributed by atoms with Gasteiger partial charge < -0.3 is 10.1 Å². The first-order chi connectivity index (χ1) is 12.8. The molecule has 0 atom stereocenters. The summed E-state index contributed by atoms with van der Waals surface area (Å²) in [7, 11) is 0. The number of aromatic nitrogens is 1. The van der Waals surface area contributed by atoms with Crippen molar-refractivity contribution in [3.63, 3.8) is 0 Å². The molecule has 0 unspecified atom stereocenters. The highest BCUT2D eigenvalue weighted by molar-refractivity contribution is 6.30. The van der Waals surface area contributed by atoms with E-state index < -0.39 is 0 Å². The van der Waals surface area contributed by atoms with Gasteiger partial charge in [0.2, 0.25) is 0 Å². The average Bonchev–Trinajstić information content (AvgIpc) is 2.67. The number of pyridine rings is 1. The highest BCUT2D eigenvalue weighted by Gasteiger charge is 2.06. The number of nitrogens with one attached hydrogen (secondary N) is 1. The smallest absolute Gasteiger partial charge is 0.133 e. The molecule has 3 rings (SSSR count). The molecule has 0 saturated heterocycles. The Hall–Kier alpha value is -2.36. The lowest BCUT2D eigenvalue weighted by Gasteiger charge is -2.12. The van der Waals surface area contributed by atoms with E-state index in [1.54, 1.807) is 0 Å². The van der Waals surface area contributed by atoms with Crippen molar-refractivity contribution in [1.82, 2.24) is 10.3 Å². The maximum absolute atomic E-state index is 6.29. The summed E-state index contributed by atoms with van der Waals surface area (Å²) in [4.78, 5) is 4.35. The maximum Gasteiger partial charge on any atom is 0.133 e. The number of hydrogen-bond donors (Lipinski definition) is 1. The van der Waals surface area contributed by atoms with Crippen LogP contribution in [-0.4, -0.2) is 11.6 Å². The summed E-state index contributed by atoms with van der Waals surface area (Å²) in [5.74, 6) is 0.921. The fourth-order valence-corrected chi connectivity index (χ4v) is 3.04. The molecule has 2 aromatic carbocycles. The number of ether oxygens (including phenoxy) is 1. The van der Waals surface area contributed by atoms with Crippen molar-refractivity contribution < 1.29 is 4.74 Å². The first-order valence-corrected chi connectivity index (χ1v) is 9.22. The van der Waals surface area contributed by atoms with Gasteiger partial charge in [-0.25, -0.2) is 4.98 Å². The van der Waals surface area contributed by atoms with Crippen molar-refractivity contribution in [2.75, 3.05) is 6.61 Å². The largest absolute Gasteiger partial charge is 0.494 e. The highest BCUT2D eigenvalue weighted by atomic mass is 35.5. The van der Waals surface area contributed by atoms with E-state index in [1.165, 1.54) is 5.56 Å². The van der Waals surface area contributed by atoms with Crippen LogP contribution in [0.4, 0.5) is 0 Å². The van der Waals surface area contributed by atoms with Gasteiger partial charge >= 0.3 is 0 Å². The molecular formula is C22H23ClN2O. The molecule has 134 valence electrons. The second-order valence-corrected chi connectivity index (χ2v) is 6.46. The molecule has 0 aliphatic heterocycles. The first-order valence-electron chi connectivity index (χ1n) is 8.85. The average molecular weight is 367 g/mol. The number of para-hydroxylation sites is 1. The third kappa shape index (κ3) is 5.07. The van der Waals surface area contributed by atoms with Gasteiger partial charge in [0, 0.05) is 30.4 Å². The Balaban J connectivity index is 1.64. The van der Waals surface area contributed by atoms with Gasteiger partial charge in [-0.2, -0.15) is 0 Å². The van der Waals surface area contributed by atoms with Crippen LogP contribution >= 0.6 is 11.6 Å². The molecule has 3 aromatic rings. The zero-order valence-corrected chi connectivity index (χ0v) is 15.7. The lowest BCUT2D eigenvalue weighted by molar-refractivity contribution is 0.335. The zero-order chi connectivity index (χ0) is 18.2. The van der Waals surface area contributed by atoms with Crippen LogP contribution in [-0.2, 0) is 19.5 Å². The molecule has 0 saturated carbocycles. The third-order valence-electron chi connectivity index (χ3n) is 4.12. The minimum atomic E-state index is 0.549. The molecule has 0 spiro atoms. The number of halogens is 1. The molecule has 0 radical (unpaired) electrons. The van der Waals surface area contributed by atoms with Crippen LogP contribution in [0, 0.1) is 0 Å². The van der Waals surface area contributed by atoms with Crippen LogP contribution in [0.5, 0.6) is 5.75 Å². The van der Waals surface area contributed by atoms with Crippen molar-refractivity contribution in [2.24, 2.45) is 0 Å². The van der Waals surface area contributed by atoms with Crippen molar-refractivity contribution in [3.8, 4) is 5.75 Å². The van der Waals surface area contributed by atoms with Gasteiger partial charge in [0.15, 0.2) is 0 Å². The van der Waals surface area contributed by atoms with E-state index in [0.717, 1.165) is 35.4 Å². The summed E-state index contributed by atoms with van der Waals surface area (Å²) in [6, 6.07) is 20.6. The predicted molar refractivity (Wildman–Crippen MR) is 107 cm³/mol. The molecule has 0 aliphatic rings. The lowest BCUT2D eigenvalue weighted by Crippen LogP contribution is -2.14. The molecular weight excluding hydrogens is 344 g/mol. The Bertz CT molecular complexity index is 837. The second-order valence-electron chi connectivity index (χ2n) is 6.10. The van der Waals surface area contributed by atoms with Crippen LogP contribution in [0.15, 0.2) is 66.9 Å². The van der Waals surface area contributed by atoms with E-state index >= 15 is 0 Å². The molecule has 0 fully saturated rings. The summed E-state index contributed by atoms with van der Waals surface area (Å²) in [6.45, 7) is 4.03. The molecule has 4 heteroatoms. The summed E-state index contributed by atoms with van der Waals surface area (Å²) in [5.41, 5.74) is 4.57. The summed E-state index contributed by atoms with van der Waals surface area (Å²) in [5, 5.41) is 3.99. The molecule has 1 heterocycles. The summed E-state index contributed by atoms with van der Waals surface area (Å²) < 4.78 is 5.67. The number of benzene rings is 2. The van der Waals surface area contributed by atoms with E-state index in [9.17, 15) is 0 Å². The normalized spacial score (nSPS) is 10.7. The van der Waals surface area contributed by atoms with Gasteiger partial charge in [0.05, 0.1) is 6.61 Å². The van der Waals surface area contributed by atoms with Gasteiger partial charge in [-0.05, 0) is 36.6 Å². The third-order valence-corrected chi connectivity index (χ3v) is 4.46. The minimum Gasteiger partial charge on any atom is -0.494 e. The summed E-state index contributed by atoms with van der Waals surface area (Å²) in [6.07, 6.45) is 2.70. The van der Waals surface area contributed by atoms with Gasteiger partial charge in [-0.1, -0.05) is 60.1 Å². The minimum absolute atomic E-state index is 0.549. The Morgan fingerprint density at radius 2 is 1.65 bits per heavy atom. The van der Waals surface area contributed by atoms with Crippen molar-refractivity contribution in [3.05, 3.63) is 94.3 Å². The predicted octanol–water partition coefficient (Wildman–Crippen LogP) is 5.01. The first kappa shape index (κ1) is 18.4. The monoisotopic (exact) mass is 366 g/mol. The lowest BCUT2D eigenvalue weighted by atomic mass is 10.1. The second kappa shape index (κ2) is 9.37. The Kier molecular flexibility index (Phi) is 6.64. The summed E-state index contributed by atoms with van der Waals surface area (Å²) >= 11 is 6.29. The van der Waals surface area contributed by atoms with E-state index in [1.807, 2.05) is 37.4 Å². The number of rotatable bonds is 8. The fourth-order valence-electron chi connectivity index (χ4n) is 2.87.